The van der Waals surface area contributed by atoms with Crippen LogP contribution in [0.5, 0.6) is 5.75 Å². The van der Waals surface area contributed by atoms with Crippen molar-refractivity contribution in [1.29, 1.82) is 0 Å². The van der Waals surface area contributed by atoms with Gasteiger partial charge in [0.05, 0.1) is 22.4 Å². The lowest BCUT2D eigenvalue weighted by molar-refractivity contribution is 0.102. The minimum atomic E-state index is -0.618. The molecule has 0 fully saturated rings. The lowest BCUT2D eigenvalue weighted by Gasteiger charge is -2.37. The number of phenols is 1. The number of hydrogen-bond acceptors (Lipinski definition) is 3. The van der Waals surface area contributed by atoms with Crippen LogP contribution in [0, 0.1) is 6.92 Å². The van der Waals surface area contributed by atoms with Gasteiger partial charge in [0.15, 0.2) is 0 Å². The first-order chi connectivity index (χ1) is 21.3. The van der Waals surface area contributed by atoms with E-state index >= 15 is 0 Å². The molecule has 5 rings (SSSR count). The molecule has 0 aliphatic carbocycles. The van der Waals surface area contributed by atoms with Crippen LogP contribution in [-0.4, -0.2) is 25.1 Å². The van der Waals surface area contributed by atoms with Crippen LogP contribution in [-0.2, 0) is 11.8 Å². The predicted octanol–water partition coefficient (Wildman–Crippen LogP) is 9.40. The zero-order valence-electron chi connectivity index (χ0n) is 25.8. The van der Waals surface area contributed by atoms with E-state index in [1.54, 1.807) is 13.0 Å². The molecule has 0 radical (unpaired) electrons. The van der Waals surface area contributed by atoms with E-state index < -0.39 is 11.3 Å². The summed E-state index contributed by atoms with van der Waals surface area (Å²) >= 11 is 6.54. The number of carbonyl (C=O) groups is 1. The summed E-state index contributed by atoms with van der Waals surface area (Å²) in [5, 5.41) is 14.7. The van der Waals surface area contributed by atoms with Crippen molar-refractivity contribution in [3.05, 3.63) is 159 Å². The Labute approximate surface area is 266 Å². The van der Waals surface area contributed by atoms with Crippen molar-refractivity contribution < 1.29 is 9.90 Å². The lowest BCUT2D eigenvalue weighted by Crippen LogP contribution is -2.31. The van der Waals surface area contributed by atoms with Crippen molar-refractivity contribution in [2.75, 3.05) is 24.3 Å². The fourth-order valence-electron chi connectivity index (χ4n) is 6.11. The third-order valence-corrected chi connectivity index (χ3v) is 8.78. The fraction of sp³-hybridized carbons (Fsp3) is 0.205. The molecule has 0 unspecified atom stereocenters. The Balaban J connectivity index is 1.67. The molecule has 0 bridgehead atoms. The molecule has 0 saturated carbocycles. The number of aryl methyl sites for hydroxylation is 1. The van der Waals surface area contributed by atoms with Crippen LogP contribution in [0.2, 0.25) is 5.02 Å². The molecule has 4 nitrogen and oxygen atoms in total. The number of unbranched alkanes of at least 4 members (excludes halogenated alkanes) is 1. The first kappa shape index (κ1) is 30.9. The zero-order chi connectivity index (χ0) is 31.3. The Morgan fingerprint density at radius 1 is 0.795 bits per heavy atom. The monoisotopic (exact) mass is 602 g/mol. The molecule has 0 aliphatic heterocycles. The maximum Gasteiger partial charge on any atom is 0.259 e. The molecule has 5 heteroatoms. The Kier molecular flexibility index (Phi) is 9.41. The summed E-state index contributed by atoms with van der Waals surface area (Å²) in [6.45, 7) is 3.86. The van der Waals surface area contributed by atoms with Crippen molar-refractivity contribution in [2.24, 2.45) is 0 Å². The summed E-state index contributed by atoms with van der Waals surface area (Å²) in [5.41, 5.74) is 6.79. The number of aromatic hydroxyl groups is 1. The first-order valence-electron chi connectivity index (χ1n) is 15.1. The fourth-order valence-corrected chi connectivity index (χ4v) is 6.34. The quantitative estimate of drug-likeness (QED) is 0.157. The van der Waals surface area contributed by atoms with E-state index in [9.17, 15) is 9.90 Å². The van der Waals surface area contributed by atoms with Gasteiger partial charge in [0, 0.05) is 19.1 Å². The van der Waals surface area contributed by atoms with Gasteiger partial charge in [-0.15, -0.1) is 0 Å². The van der Waals surface area contributed by atoms with E-state index in [-0.39, 0.29) is 11.3 Å². The van der Waals surface area contributed by atoms with E-state index in [0.717, 1.165) is 40.8 Å². The summed E-state index contributed by atoms with van der Waals surface area (Å²) in [6, 6.07) is 39.6. The maximum absolute atomic E-state index is 13.8. The van der Waals surface area contributed by atoms with Crippen molar-refractivity contribution >= 4 is 28.9 Å². The molecular weight excluding hydrogens is 564 g/mol. The molecule has 0 heterocycles. The average molecular weight is 603 g/mol. The summed E-state index contributed by atoms with van der Waals surface area (Å²) in [4.78, 5) is 15.8. The highest BCUT2D eigenvalue weighted by Gasteiger charge is 2.38. The molecule has 224 valence electrons. The number of amides is 1. The predicted molar refractivity (Wildman–Crippen MR) is 183 cm³/mol. The van der Waals surface area contributed by atoms with Gasteiger partial charge in [0.25, 0.3) is 5.91 Å². The van der Waals surface area contributed by atoms with Crippen molar-refractivity contribution in [2.45, 2.75) is 38.5 Å². The van der Waals surface area contributed by atoms with Crippen molar-refractivity contribution in [3.63, 3.8) is 0 Å². The highest BCUT2D eigenvalue weighted by atomic mass is 35.5. The third kappa shape index (κ3) is 5.82. The molecule has 1 amide bonds. The van der Waals surface area contributed by atoms with Crippen LogP contribution in [0.25, 0.3) is 0 Å². The molecule has 0 spiro atoms. The molecule has 2 N–H and O–H groups in total. The van der Waals surface area contributed by atoms with Gasteiger partial charge in [-0.05, 0) is 71.3 Å². The summed E-state index contributed by atoms with van der Waals surface area (Å²) in [6.07, 6.45) is 2.52. The SMILES string of the molecule is CCCCc1cc(Cl)c(C)c(C(=O)Nc2ccc(C(c3ccccc3)(c3ccccc3)c3ccccc3)cc2N(C)C)c1O. The summed E-state index contributed by atoms with van der Waals surface area (Å²) < 4.78 is 0. The average Bonchev–Trinajstić information content (AvgIpc) is 3.04. The standard InChI is InChI=1S/C39H39ClN2O2/c1-5-6-16-28-25-33(40)27(2)36(37(28)43)38(44)41-34-24-23-32(26-35(34)42(3)4)39(29-17-10-7-11-18-29,30-19-12-8-13-20-30)31-21-14-9-15-22-31/h7-15,17-26,43H,5-6,16H2,1-4H3,(H,41,44). The van der Waals surface area contributed by atoms with Crippen LogP contribution in [0.15, 0.2) is 115 Å². The normalized spacial score (nSPS) is 11.3. The number of carbonyl (C=O) groups excluding carboxylic acids is 1. The second-order valence-corrected chi connectivity index (χ2v) is 11.8. The van der Waals surface area contributed by atoms with E-state index in [4.69, 9.17) is 11.6 Å². The smallest absolute Gasteiger partial charge is 0.259 e. The van der Waals surface area contributed by atoms with Gasteiger partial charge in [0.2, 0.25) is 0 Å². The molecule has 0 atom stereocenters. The number of phenolic OH excluding ortho intramolecular Hbond substituents is 1. The number of anilines is 2. The minimum Gasteiger partial charge on any atom is -0.507 e. The van der Waals surface area contributed by atoms with Crippen LogP contribution in [0.1, 0.15) is 63.5 Å². The van der Waals surface area contributed by atoms with E-state index in [0.29, 0.717) is 28.3 Å². The second kappa shape index (κ2) is 13.4. The highest BCUT2D eigenvalue weighted by Crippen LogP contribution is 2.47. The van der Waals surface area contributed by atoms with Crippen LogP contribution < -0.4 is 10.2 Å². The van der Waals surface area contributed by atoms with Gasteiger partial charge in [-0.2, -0.15) is 0 Å². The number of halogens is 1. The van der Waals surface area contributed by atoms with Gasteiger partial charge < -0.3 is 15.3 Å². The van der Waals surface area contributed by atoms with Gasteiger partial charge in [0.1, 0.15) is 5.75 Å². The molecule has 5 aromatic carbocycles. The number of nitrogens with zero attached hydrogens (tertiary/aromatic N) is 1. The molecule has 0 aromatic heterocycles. The molecular formula is C39H39ClN2O2. The molecule has 5 aromatic rings. The topological polar surface area (TPSA) is 52.6 Å². The number of rotatable bonds is 10. The summed E-state index contributed by atoms with van der Waals surface area (Å²) in [7, 11) is 3.93. The largest absolute Gasteiger partial charge is 0.507 e. The van der Waals surface area contributed by atoms with Crippen LogP contribution in [0.4, 0.5) is 11.4 Å². The maximum atomic E-state index is 13.8. The van der Waals surface area contributed by atoms with Crippen LogP contribution >= 0.6 is 11.6 Å². The Morgan fingerprint density at radius 2 is 1.32 bits per heavy atom. The Hall–Kier alpha value is -4.54. The summed E-state index contributed by atoms with van der Waals surface area (Å²) in [5.74, 6) is -0.395. The van der Waals surface area contributed by atoms with Gasteiger partial charge in [-0.1, -0.05) is 122 Å². The molecule has 44 heavy (non-hydrogen) atoms. The number of hydrogen-bond donors (Lipinski definition) is 2. The zero-order valence-corrected chi connectivity index (χ0v) is 26.5. The van der Waals surface area contributed by atoms with E-state index in [1.807, 2.05) is 43.3 Å². The minimum absolute atomic E-state index is 0.00266. The Morgan fingerprint density at radius 3 is 1.80 bits per heavy atom. The van der Waals surface area contributed by atoms with Gasteiger partial charge in [-0.25, -0.2) is 0 Å². The molecule has 0 aliphatic rings. The number of benzene rings is 5. The van der Waals surface area contributed by atoms with Crippen LogP contribution in [0.3, 0.4) is 0 Å². The van der Waals surface area contributed by atoms with Gasteiger partial charge in [-0.3, -0.25) is 4.79 Å². The third-order valence-electron chi connectivity index (χ3n) is 8.38. The molecule has 0 saturated heterocycles. The second-order valence-electron chi connectivity index (χ2n) is 11.4. The lowest BCUT2D eigenvalue weighted by atomic mass is 9.65. The number of nitrogens with one attached hydrogen (secondary N) is 1. The Bertz CT molecular complexity index is 1640. The van der Waals surface area contributed by atoms with E-state index in [2.05, 4.69) is 97.2 Å². The first-order valence-corrected chi connectivity index (χ1v) is 15.5. The van der Waals surface area contributed by atoms with Gasteiger partial charge >= 0.3 is 0 Å². The highest BCUT2D eigenvalue weighted by molar-refractivity contribution is 6.32. The van der Waals surface area contributed by atoms with Crippen molar-refractivity contribution in [1.82, 2.24) is 0 Å². The van der Waals surface area contributed by atoms with E-state index in [1.165, 1.54) is 0 Å². The van der Waals surface area contributed by atoms with Crippen molar-refractivity contribution in [3.8, 4) is 5.75 Å².